The van der Waals surface area contributed by atoms with Gasteiger partial charge in [-0.05, 0) is 62.0 Å². The monoisotopic (exact) mass is 511 g/mol. The number of hydrogen-bond acceptors (Lipinski definition) is 0. The third kappa shape index (κ3) is 3.15. The summed E-state index contributed by atoms with van der Waals surface area (Å²) in [5.41, 5.74) is 8.90. The highest BCUT2D eigenvalue weighted by atomic mass is 15.0. The number of nitrogens with zero attached hydrogens (tertiary/aromatic N) is 1. The van der Waals surface area contributed by atoms with Crippen LogP contribution in [0.4, 0.5) is 0 Å². The van der Waals surface area contributed by atoms with Crippen molar-refractivity contribution in [1.82, 2.24) is 4.57 Å². The number of para-hydroxylation sites is 2. The molecule has 8 rings (SSSR count). The van der Waals surface area contributed by atoms with Gasteiger partial charge in [0.25, 0.3) is 0 Å². The van der Waals surface area contributed by atoms with Crippen molar-refractivity contribution in [3.8, 4) is 16.8 Å². The molecule has 1 nitrogen and oxygen atoms in total. The fourth-order valence-corrected chi connectivity index (χ4v) is 7.09. The predicted octanol–water partition coefficient (Wildman–Crippen LogP) is 10.5. The molecule has 0 radical (unpaired) electrons. The molecule has 6 aromatic carbocycles. The summed E-state index contributed by atoms with van der Waals surface area (Å²) in [6, 6.07) is 51.3. The van der Waals surface area contributed by atoms with E-state index in [2.05, 4.69) is 158 Å². The minimum atomic E-state index is -0.138. The lowest BCUT2D eigenvalue weighted by Gasteiger charge is -2.26. The molecule has 1 aromatic heterocycles. The molecule has 0 aliphatic heterocycles. The normalized spacial score (nSPS) is 13.4. The number of fused-ring (bicyclic) bond motifs is 10. The van der Waals surface area contributed by atoms with E-state index in [-0.39, 0.29) is 5.41 Å². The Morgan fingerprint density at radius 3 is 1.40 bits per heavy atom. The van der Waals surface area contributed by atoms with Crippen LogP contribution in [0.3, 0.4) is 0 Å². The predicted molar refractivity (Wildman–Crippen MR) is 171 cm³/mol. The fraction of sp³-hybridized carbons (Fsp3) is 0.0769. The van der Waals surface area contributed by atoms with Crippen LogP contribution >= 0.6 is 0 Å². The standard InChI is InChI=1S/C39H29N/c1-39(2)34-22-10-7-18-30(34)33-21-13-25-37(38(33)39)40-35-23-11-8-19-31(35)28-16-5-3-14-26(28)27-15-4-6-17-29(27)32-20-9-12-24-36(32)40/h3-25H,1-2H3. The smallest absolute Gasteiger partial charge is 0.0540 e. The molecule has 0 spiro atoms. The van der Waals surface area contributed by atoms with Gasteiger partial charge in [0.1, 0.15) is 0 Å². The van der Waals surface area contributed by atoms with Crippen molar-refractivity contribution in [3.63, 3.8) is 0 Å². The lowest BCUT2D eigenvalue weighted by atomic mass is 9.81. The Morgan fingerprint density at radius 2 is 0.825 bits per heavy atom. The van der Waals surface area contributed by atoms with Crippen LogP contribution in [0.1, 0.15) is 25.0 Å². The molecule has 40 heavy (non-hydrogen) atoms. The molecule has 0 bridgehead atoms. The molecule has 0 saturated carbocycles. The van der Waals surface area contributed by atoms with Crippen LogP contribution in [-0.2, 0) is 5.41 Å². The van der Waals surface area contributed by atoms with Gasteiger partial charge in [0.05, 0.1) is 16.7 Å². The second-order valence-corrected chi connectivity index (χ2v) is 11.3. The van der Waals surface area contributed by atoms with Crippen LogP contribution in [-0.4, -0.2) is 4.57 Å². The highest BCUT2D eigenvalue weighted by Crippen LogP contribution is 2.51. The quantitative estimate of drug-likeness (QED) is 0.207. The van der Waals surface area contributed by atoms with Crippen LogP contribution < -0.4 is 0 Å². The molecule has 0 atom stereocenters. The Bertz CT molecular complexity index is 2090. The molecule has 0 fully saturated rings. The molecule has 1 heterocycles. The molecule has 1 aliphatic rings. The van der Waals surface area contributed by atoms with Crippen molar-refractivity contribution in [2.24, 2.45) is 0 Å². The van der Waals surface area contributed by atoms with E-state index >= 15 is 0 Å². The van der Waals surface area contributed by atoms with Gasteiger partial charge in [-0.1, -0.05) is 135 Å². The van der Waals surface area contributed by atoms with E-state index in [1.165, 1.54) is 71.3 Å². The van der Waals surface area contributed by atoms with Crippen LogP contribution in [0.15, 0.2) is 140 Å². The second kappa shape index (κ2) is 8.56. The number of aromatic nitrogens is 1. The van der Waals surface area contributed by atoms with Crippen molar-refractivity contribution in [3.05, 3.63) is 151 Å². The summed E-state index contributed by atoms with van der Waals surface area (Å²) in [5.74, 6) is 0. The molecule has 0 N–H and O–H groups in total. The molecular formula is C39H29N. The van der Waals surface area contributed by atoms with Crippen molar-refractivity contribution >= 4 is 43.4 Å². The topological polar surface area (TPSA) is 4.93 Å². The first-order valence-electron chi connectivity index (χ1n) is 14.1. The van der Waals surface area contributed by atoms with E-state index in [4.69, 9.17) is 0 Å². The molecule has 7 aromatic rings. The average Bonchev–Trinajstić information content (AvgIpc) is 3.26. The summed E-state index contributed by atoms with van der Waals surface area (Å²) in [5, 5.41) is 7.48. The minimum absolute atomic E-state index is 0.138. The second-order valence-electron chi connectivity index (χ2n) is 11.3. The SMILES string of the molecule is CC1(C)c2ccccc2-c2cccc(-n3c4ccccc4c4ccccc4c4ccccc4c4ccccc43)c21. The highest BCUT2D eigenvalue weighted by molar-refractivity contribution is 6.19. The summed E-state index contributed by atoms with van der Waals surface area (Å²) >= 11 is 0. The third-order valence-electron chi connectivity index (χ3n) is 8.81. The lowest BCUT2D eigenvalue weighted by molar-refractivity contribution is 0.656. The van der Waals surface area contributed by atoms with Crippen LogP contribution in [0, 0.1) is 0 Å². The first-order chi connectivity index (χ1) is 19.6. The Balaban J connectivity index is 1.70. The highest BCUT2D eigenvalue weighted by Gasteiger charge is 2.37. The molecular weight excluding hydrogens is 482 g/mol. The first kappa shape index (κ1) is 23.0. The van der Waals surface area contributed by atoms with Gasteiger partial charge in [-0.3, -0.25) is 0 Å². The van der Waals surface area contributed by atoms with Crippen molar-refractivity contribution in [2.45, 2.75) is 19.3 Å². The van der Waals surface area contributed by atoms with Gasteiger partial charge in [-0.2, -0.15) is 0 Å². The summed E-state index contributed by atoms with van der Waals surface area (Å²) in [6.07, 6.45) is 0. The molecule has 0 amide bonds. The van der Waals surface area contributed by atoms with Crippen molar-refractivity contribution < 1.29 is 0 Å². The molecule has 0 unspecified atom stereocenters. The van der Waals surface area contributed by atoms with Crippen molar-refractivity contribution in [2.75, 3.05) is 0 Å². The Morgan fingerprint density at radius 1 is 0.400 bits per heavy atom. The maximum atomic E-state index is 2.52. The third-order valence-corrected chi connectivity index (χ3v) is 8.81. The first-order valence-corrected chi connectivity index (χ1v) is 14.1. The average molecular weight is 512 g/mol. The summed E-state index contributed by atoms with van der Waals surface area (Å²) in [4.78, 5) is 0. The largest absolute Gasteiger partial charge is 0.309 e. The van der Waals surface area contributed by atoms with Gasteiger partial charge in [0.15, 0.2) is 0 Å². The van der Waals surface area contributed by atoms with E-state index in [0.717, 1.165) is 0 Å². The van der Waals surface area contributed by atoms with Gasteiger partial charge >= 0.3 is 0 Å². The molecule has 1 heteroatoms. The molecule has 190 valence electrons. The van der Waals surface area contributed by atoms with Crippen LogP contribution in [0.25, 0.3) is 60.2 Å². The molecule has 0 saturated heterocycles. The van der Waals surface area contributed by atoms with E-state index in [1.54, 1.807) is 0 Å². The summed E-state index contributed by atoms with van der Waals surface area (Å²) < 4.78 is 2.52. The number of hydrogen-bond donors (Lipinski definition) is 0. The fourth-order valence-electron chi connectivity index (χ4n) is 7.09. The van der Waals surface area contributed by atoms with E-state index in [0.29, 0.717) is 0 Å². The minimum Gasteiger partial charge on any atom is -0.309 e. The van der Waals surface area contributed by atoms with Gasteiger partial charge in [-0.15, -0.1) is 0 Å². The Labute approximate surface area is 234 Å². The molecule has 1 aliphatic carbocycles. The van der Waals surface area contributed by atoms with E-state index < -0.39 is 0 Å². The van der Waals surface area contributed by atoms with Gasteiger partial charge < -0.3 is 4.57 Å². The number of rotatable bonds is 1. The lowest BCUT2D eigenvalue weighted by Crippen LogP contribution is -2.18. The van der Waals surface area contributed by atoms with E-state index in [1.807, 2.05) is 0 Å². The Hall–Kier alpha value is -4.88. The van der Waals surface area contributed by atoms with E-state index in [9.17, 15) is 0 Å². The van der Waals surface area contributed by atoms with Gasteiger partial charge in [0, 0.05) is 16.2 Å². The van der Waals surface area contributed by atoms with Crippen LogP contribution in [0.2, 0.25) is 0 Å². The van der Waals surface area contributed by atoms with Gasteiger partial charge in [0.2, 0.25) is 0 Å². The zero-order chi connectivity index (χ0) is 26.8. The zero-order valence-corrected chi connectivity index (χ0v) is 22.7. The van der Waals surface area contributed by atoms with Gasteiger partial charge in [-0.25, -0.2) is 0 Å². The zero-order valence-electron chi connectivity index (χ0n) is 22.7. The Kier molecular flexibility index (Phi) is 4.93. The maximum absolute atomic E-state index is 2.52. The number of benzene rings is 6. The summed E-state index contributed by atoms with van der Waals surface area (Å²) in [7, 11) is 0. The van der Waals surface area contributed by atoms with Crippen LogP contribution in [0.5, 0.6) is 0 Å². The van der Waals surface area contributed by atoms with Crippen molar-refractivity contribution in [1.29, 1.82) is 0 Å². The summed E-state index contributed by atoms with van der Waals surface area (Å²) in [6.45, 7) is 4.75. The maximum Gasteiger partial charge on any atom is 0.0540 e.